The molecule has 6 nitrogen and oxygen atoms in total. The van der Waals surface area contributed by atoms with Gasteiger partial charge in [-0.2, -0.15) is 5.10 Å². The topological polar surface area (TPSA) is 76.5 Å². The van der Waals surface area contributed by atoms with E-state index in [1.54, 1.807) is 12.1 Å². The van der Waals surface area contributed by atoms with Gasteiger partial charge in [0.25, 0.3) is 0 Å². The number of benzene rings is 1. The van der Waals surface area contributed by atoms with Crippen molar-refractivity contribution < 1.29 is 9.84 Å². The van der Waals surface area contributed by atoms with Crippen LogP contribution in [0.4, 0.5) is 5.82 Å². The molecule has 1 saturated heterocycles. The summed E-state index contributed by atoms with van der Waals surface area (Å²) in [5.41, 5.74) is 6.86. The molecule has 3 rings (SSSR count). The van der Waals surface area contributed by atoms with Gasteiger partial charge in [0.15, 0.2) is 5.82 Å². The number of nitrogens with zero attached hydrogens (tertiary/aromatic N) is 3. The number of nitrogen functional groups attached to an aromatic ring is 1. The third-order valence-electron chi connectivity index (χ3n) is 3.71. The molecule has 3 N–H and O–H groups in total. The molecule has 1 aliphatic heterocycles. The number of phenols is 1. The van der Waals surface area contributed by atoms with E-state index in [4.69, 9.17) is 10.5 Å². The fourth-order valence-corrected chi connectivity index (χ4v) is 2.63. The summed E-state index contributed by atoms with van der Waals surface area (Å²) in [5, 5.41) is 14.7. The fourth-order valence-electron chi connectivity index (χ4n) is 2.63. The van der Waals surface area contributed by atoms with Crippen LogP contribution in [0, 0.1) is 0 Å². The van der Waals surface area contributed by atoms with Crippen LogP contribution in [-0.2, 0) is 11.3 Å². The summed E-state index contributed by atoms with van der Waals surface area (Å²) >= 11 is 0. The van der Waals surface area contributed by atoms with Crippen molar-refractivity contribution in [2.75, 3.05) is 38.6 Å². The molecule has 2 heterocycles. The van der Waals surface area contributed by atoms with Crippen molar-refractivity contribution in [1.29, 1.82) is 0 Å². The molecule has 2 aromatic rings. The number of hydrogen-bond donors (Lipinski definition) is 2. The van der Waals surface area contributed by atoms with Gasteiger partial charge in [-0.3, -0.25) is 9.58 Å². The number of aromatic hydroxyl groups is 1. The number of ether oxygens (including phenoxy) is 1. The highest BCUT2D eigenvalue weighted by atomic mass is 16.5. The van der Waals surface area contributed by atoms with Crippen molar-refractivity contribution >= 4 is 16.7 Å². The molecule has 1 aromatic heterocycles. The number of phenolic OH excluding ortho intramolecular Hbond substituents is 1. The summed E-state index contributed by atoms with van der Waals surface area (Å²) in [6.07, 6.45) is 1.02. The summed E-state index contributed by atoms with van der Waals surface area (Å²) < 4.78 is 7.26. The second kappa shape index (κ2) is 5.68. The average Bonchev–Trinajstić information content (AvgIpc) is 2.76. The van der Waals surface area contributed by atoms with Gasteiger partial charge in [-0.25, -0.2) is 0 Å². The maximum Gasteiger partial charge on any atom is 0.153 e. The lowest BCUT2D eigenvalue weighted by Crippen LogP contribution is -2.37. The van der Waals surface area contributed by atoms with Gasteiger partial charge in [0.05, 0.1) is 18.7 Å². The minimum absolute atomic E-state index is 0.220. The molecule has 1 aliphatic rings. The lowest BCUT2D eigenvalue weighted by Gasteiger charge is -2.26. The molecule has 0 aliphatic carbocycles. The van der Waals surface area contributed by atoms with E-state index in [0.717, 1.165) is 56.7 Å². The van der Waals surface area contributed by atoms with Gasteiger partial charge in [-0.1, -0.05) is 0 Å². The summed E-state index contributed by atoms with van der Waals surface area (Å²) in [6, 6.07) is 5.20. The van der Waals surface area contributed by atoms with Gasteiger partial charge >= 0.3 is 0 Å². The van der Waals surface area contributed by atoms with Crippen molar-refractivity contribution in [3.63, 3.8) is 0 Å². The SMILES string of the molecule is Nc1nn(CCCN2CCOCC2)c2ccc(O)cc12. The van der Waals surface area contributed by atoms with Crippen LogP contribution in [0.2, 0.25) is 0 Å². The maximum atomic E-state index is 9.50. The Bertz CT molecular complexity index is 590. The molecule has 108 valence electrons. The van der Waals surface area contributed by atoms with Gasteiger partial charge in [0.2, 0.25) is 0 Å². The first kappa shape index (κ1) is 13.2. The van der Waals surface area contributed by atoms with E-state index < -0.39 is 0 Å². The molecule has 1 fully saturated rings. The summed E-state index contributed by atoms with van der Waals surface area (Å²) in [5.74, 6) is 0.694. The molecule has 0 radical (unpaired) electrons. The maximum absolute atomic E-state index is 9.50. The fraction of sp³-hybridized carbons (Fsp3) is 0.500. The van der Waals surface area contributed by atoms with E-state index in [9.17, 15) is 5.11 Å². The molecular weight excluding hydrogens is 256 g/mol. The van der Waals surface area contributed by atoms with Crippen LogP contribution < -0.4 is 5.73 Å². The second-order valence-electron chi connectivity index (χ2n) is 5.12. The average molecular weight is 276 g/mol. The largest absolute Gasteiger partial charge is 0.508 e. The van der Waals surface area contributed by atoms with Gasteiger partial charge < -0.3 is 15.6 Å². The summed E-state index contributed by atoms with van der Waals surface area (Å²) in [6.45, 7) is 5.55. The standard InChI is InChI=1S/C14H20N4O2/c15-14-12-10-11(19)2-3-13(12)18(16-14)5-1-4-17-6-8-20-9-7-17/h2-3,10,19H,1,4-9H2,(H2,15,16). The predicted octanol–water partition coefficient (Wildman–Crippen LogP) is 1.05. The number of rotatable bonds is 4. The van der Waals surface area contributed by atoms with E-state index >= 15 is 0 Å². The number of anilines is 1. The molecule has 0 saturated carbocycles. The second-order valence-corrected chi connectivity index (χ2v) is 5.12. The van der Waals surface area contributed by atoms with Gasteiger partial charge in [0.1, 0.15) is 5.75 Å². The molecule has 20 heavy (non-hydrogen) atoms. The molecule has 0 spiro atoms. The van der Waals surface area contributed by atoms with Crippen molar-refractivity contribution in [3.8, 4) is 5.75 Å². The van der Waals surface area contributed by atoms with Crippen LogP contribution in [0.1, 0.15) is 6.42 Å². The number of aromatic nitrogens is 2. The zero-order valence-corrected chi connectivity index (χ0v) is 11.5. The first-order valence-electron chi connectivity index (χ1n) is 6.99. The number of hydrogen-bond acceptors (Lipinski definition) is 5. The quantitative estimate of drug-likeness (QED) is 0.873. The Morgan fingerprint density at radius 3 is 2.85 bits per heavy atom. The molecule has 0 unspecified atom stereocenters. The molecule has 0 amide bonds. The Hall–Kier alpha value is -1.79. The highest BCUT2D eigenvalue weighted by Crippen LogP contribution is 2.24. The third kappa shape index (κ3) is 2.71. The minimum atomic E-state index is 0.220. The molecule has 1 aromatic carbocycles. The lowest BCUT2D eigenvalue weighted by atomic mass is 10.2. The van der Waals surface area contributed by atoms with E-state index in [2.05, 4.69) is 10.00 Å². The van der Waals surface area contributed by atoms with Gasteiger partial charge in [-0.05, 0) is 24.6 Å². The molecular formula is C14H20N4O2. The minimum Gasteiger partial charge on any atom is -0.508 e. The Labute approximate surface area is 117 Å². The summed E-state index contributed by atoms with van der Waals surface area (Å²) in [7, 11) is 0. The van der Waals surface area contributed by atoms with Gasteiger partial charge in [-0.15, -0.1) is 0 Å². The van der Waals surface area contributed by atoms with E-state index in [1.807, 2.05) is 10.7 Å². The van der Waals surface area contributed by atoms with Crippen LogP contribution in [0.25, 0.3) is 10.9 Å². The van der Waals surface area contributed by atoms with Gasteiger partial charge in [0, 0.05) is 31.6 Å². The smallest absolute Gasteiger partial charge is 0.153 e. The summed E-state index contributed by atoms with van der Waals surface area (Å²) in [4.78, 5) is 2.41. The van der Waals surface area contributed by atoms with Crippen molar-refractivity contribution in [2.24, 2.45) is 0 Å². The molecule has 0 bridgehead atoms. The van der Waals surface area contributed by atoms with Crippen molar-refractivity contribution in [2.45, 2.75) is 13.0 Å². The highest BCUT2D eigenvalue weighted by molar-refractivity contribution is 5.90. The number of fused-ring (bicyclic) bond motifs is 1. The predicted molar refractivity (Wildman–Crippen MR) is 77.7 cm³/mol. The number of aryl methyl sites for hydroxylation is 1. The highest BCUT2D eigenvalue weighted by Gasteiger charge is 2.11. The zero-order valence-electron chi connectivity index (χ0n) is 11.5. The molecule has 0 atom stereocenters. The van der Waals surface area contributed by atoms with Crippen molar-refractivity contribution in [1.82, 2.24) is 14.7 Å². The first-order chi connectivity index (χ1) is 9.74. The monoisotopic (exact) mass is 276 g/mol. The van der Waals surface area contributed by atoms with E-state index in [-0.39, 0.29) is 5.75 Å². The number of nitrogens with two attached hydrogens (primary N) is 1. The first-order valence-corrected chi connectivity index (χ1v) is 6.99. The zero-order chi connectivity index (χ0) is 13.9. The number of morpholine rings is 1. The van der Waals surface area contributed by atoms with E-state index in [0.29, 0.717) is 5.82 Å². The Morgan fingerprint density at radius 1 is 1.25 bits per heavy atom. The van der Waals surface area contributed by atoms with E-state index in [1.165, 1.54) is 0 Å². The third-order valence-corrected chi connectivity index (χ3v) is 3.71. The Morgan fingerprint density at radius 2 is 2.05 bits per heavy atom. The lowest BCUT2D eigenvalue weighted by molar-refractivity contribution is 0.0368. The molecule has 6 heteroatoms. The normalized spacial score (nSPS) is 16.8. The van der Waals surface area contributed by atoms with Crippen LogP contribution >= 0.6 is 0 Å². The van der Waals surface area contributed by atoms with Crippen LogP contribution in [0.5, 0.6) is 5.75 Å². The van der Waals surface area contributed by atoms with Crippen LogP contribution in [-0.4, -0.2) is 52.6 Å². The Balaban J connectivity index is 1.65. The van der Waals surface area contributed by atoms with Crippen molar-refractivity contribution in [3.05, 3.63) is 18.2 Å². The van der Waals surface area contributed by atoms with Crippen LogP contribution in [0.3, 0.4) is 0 Å². The Kier molecular flexibility index (Phi) is 3.75. The van der Waals surface area contributed by atoms with Crippen LogP contribution in [0.15, 0.2) is 18.2 Å².